The summed E-state index contributed by atoms with van der Waals surface area (Å²) in [5, 5.41) is 0. The van der Waals surface area contributed by atoms with Gasteiger partial charge in [-0.3, -0.25) is 14.8 Å². The van der Waals surface area contributed by atoms with Crippen LogP contribution in [0.3, 0.4) is 0 Å². The van der Waals surface area contributed by atoms with Gasteiger partial charge in [-0.25, -0.2) is 0 Å². The molecule has 3 heterocycles. The molecule has 1 aliphatic heterocycles. The predicted octanol–water partition coefficient (Wildman–Crippen LogP) is 3.20. The lowest BCUT2D eigenvalue weighted by Crippen LogP contribution is -2.39. The molecule has 126 valence electrons. The van der Waals surface area contributed by atoms with Crippen molar-refractivity contribution in [3.05, 3.63) is 59.7 Å². The number of amides is 1. The maximum atomic E-state index is 12.4. The Balaban J connectivity index is 1.43. The van der Waals surface area contributed by atoms with Gasteiger partial charge < -0.3 is 4.90 Å². The molecule has 0 spiro atoms. The zero-order valence-electron chi connectivity index (χ0n) is 14.3. The van der Waals surface area contributed by atoms with Crippen LogP contribution >= 0.6 is 0 Å². The maximum Gasteiger partial charge on any atom is 0.222 e. The molecular weight excluding hydrogens is 298 g/mol. The number of hydrogen-bond acceptors (Lipinski definition) is 3. The van der Waals surface area contributed by atoms with Crippen LogP contribution in [0.4, 0.5) is 0 Å². The minimum absolute atomic E-state index is 0.275. The number of likely N-dealkylation sites (tertiary alicyclic amines) is 1. The first-order valence-corrected chi connectivity index (χ1v) is 8.79. The Labute approximate surface area is 143 Å². The van der Waals surface area contributed by atoms with Crippen LogP contribution in [0, 0.1) is 12.8 Å². The molecule has 4 heteroatoms. The van der Waals surface area contributed by atoms with Gasteiger partial charge in [-0.05, 0) is 67.9 Å². The molecule has 1 amide bonds. The molecule has 2 aromatic heterocycles. The standard InChI is InChI=1S/C20H25N3O/c1-16-13-19(6-10-22-16)14-17-7-11-23(12-8-17)20(24)5-4-18-3-2-9-21-15-18/h2-3,6,9-10,13,15,17H,4-5,7-8,11-12,14H2,1H3. The first-order chi connectivity index (χ1) is 11.7. The van der Waals surface area contributed by atoms with Crippen molar-refractivity contribution in [2.24, 2.45) is 5.92 Å². The highest BCUT2D eigenvalue weighted by molar-refractivity contribution is 5.76. The average molecular weight is 323 g/mol. The van der Waals surface area contributed by atoms with Crippen molar-refractivity contribution < 1.29 is 4.79 Å². The number of carbonyl (C=O) groups is 1. The fraction of sp³-hybridized carbons (Fsp3) is 0.450. The molecule has 1 saturated heterocycles. The number of nitrogens with zero attached hydrogens (tertiary/aromatic N) is 3. The van der Waals surface area contributed by atoms with Gasteiger partial charge in [0.2, 0.25) is 5.91 Å². The Morgan fingerprint density at radius 3 is 2.75 bits per heavy atom. The minimum Gasteiger partial charge on any atom is -0.343 e. The fourth-order valence-corrected chi connectivity index (χ4v) is 3.41. The van der Waals surface area contributed by atoms with Gasteiger partial charge in [-0.15, -0.1) is 0 Å². The molecule has 1 aliphatic rings. The summed E-state index contributed by atoms with van der Waals surface area (Å²) in [6.07, 6.45) is 10.2. The number of aromatic nitrogens is 2. The van der Waals surface area contributed by atoms with Crippen LogP contribution in [0.25, 0.3) is 0 Å². The summed E-state index contributed by atoms with van der Waals surface area (Å²) in [5.41, 5.74) is 3.58. The second-order valence-electron chi connectivity index (χ2n) is 6.70. The Kier molecular flexibility index (Phi) is 5.57. The molecule has 0 radical (unpaired) electrons. The summed E-state index contributed by atoms with van der Waals surface area (Å²) < 4.78 is 0. The highest BCUT2D eigenvalue weighted by Crippen LogP contribution is 2.22. The van der Waals surface area contributed by atoms with Gasteiger partial charge in [0.1, 0.15) is 0 Å². The van der Waals surface area contributed by atoms with E-state index < -0.39 is 0 Å². The first kappa shape index (κ1) is 16.6. The van der Waals surface area contributed by atoms with Gasteiger partial charge in [0.25, 0.3) is 0 Å². The first-order valence-electron chi connectivity index (χ1n) is 8.79. The van der Waals surface area contributed by atoms with E-state index in [4.69, 9.17) is 0 Å². The normalized spacial score (nSPS) is 15.5. The van der Waals surface area contributed by atoms with E-state index in [2.05, 4.69) is 22.1 Å². The fourth-order valence-electron chi connectivity index (χ4n) is 3.41. The summed E-state index contributed by atoms with van der Waals surface area (Å²) in [7, 11) is 0. The van der Waals surface area contributed by atoms with E-state index in [-0.39, 0.29) is 5.91 Å². The predicted molar refractivity (Wildman–Crippen MR) is 94.5 cm³/mol. The van der Waals surface area contributed by atoms with E-state index in [9.17, 15) is 4.79 Å². The van der Waals surface area contributed by atoms with Gasteiger partial charge in [0.05, 0.1) is 0 Å². The van der Waals surface area contributed by atoms with Crippen molar-refractivity contribution in [2.45, 2.75) is 39.0 Å². The number of aryl methyl sites for hydroxylation is 2. The molecule has 0 saturated carbocycles. The number of carbonyl (C=O) groups excluding carboxylic acids is 1. The summed E-state index contributed by atoms with van der Waals surface area (Å²) in [6.45, 7) is 3.81. The molecule has 0 unspecified atom stereocenters. The molecule has 0 aromatic carbocycles. The van der Waals surface area contributed by atoms with Crippen molar-refractivity contribution in [3.63, 3.8) is 0 Å². The highest BCUT2D eigenvalue weighted by Gasteiger charge is 2.22. The maximum absolute atomic E-state index is 12.4. The van der Waals surface area contributed by atoms with Crippen LogP contribution < -0.4 is 0 Å². The molecular formula is C20H25N3O. The van der Waals surface area contributed by atoms with Gasteiger partial charge >= 0.3 is 0 Å². The lowest BCUT2D eigenvalue weighted by Gasteiger charge is -2.32. The van der Waals surface area contributed by atoms with Crippen molar-refractivity contribution in [1.29, 1.82) is 0 Å². The van der Waals surface area contributed by atoms with Crippen molar-refractivity contribution >= 4 is 5.91 Å². The Morgan fingerprint density at radius 1 is 1.21 bits per heavy atom. The Bertz CT molecular complexity index is 664. The third kappa shape index (κ3) is 4.63. The van der Waals surface area contributed by atoms with Gasteiger partial charge in [-0.2, -0.15) is 0 Å². The molecule has 0 bridgehead atoms. The Hall–Kier alpha value is -2.23. The zero-order chi connectivity index (χ0) is 16.8. The van der Waals surface area contributed by atoms with E-state index in [1.165, 1.54) is 5.56 Å². The van der Waals surface area contributed by atoms with E-state index in [0.29, 0.717) is 12.3 Å². The topological polar surface area (TPSA) is 46.1 Å². The van der Waals surface area contributed by atoms with Gasteiger partial charge in [0, 0.05) is 43.8 Å². The monoisotopic (exact) mass is 323 g/mol. The van der Waals surface area contributed by atoms with Crippen LogP contribution in [0.15, 0.2) is 42.9 Å². The van der Waals surface area contributed by atoms with Gasteiger partial charge in [0.15, 0.2) is 0 Å². The second-order valence-corrected chi connectivity index (χ2v) is 6.70. The lowest BCUT2D eigenvalue weighted by atomic mass is 9.90. The number of piperidine rings is 1. The van der Waals surface area contributed by atoms with Crippen LogP contribution in [-0.2, 0) is 17.6 Å². The van der Waals surface area contributed by atoms with Crippen LogP contribution in [0.5, 0.6) is 0 Å². The van der Waals surface area contributed by atoms with E-state index in [1.54, 1.807) is 6.20 Å². The third-order valence-electron chi connectivity index (χ3n) is 4.80. The Morgan fingerprint density at radius 2 is 2.04 bits per heavy atom. The van der Waals surface area contributed by atoms with E-state index in [0.717, 1.165) is 50.0 Å². The van der Waals surface area contributed by atoms with Crippen molar-refractivity contribution in [3.8, 4) is 0 Å². The van der Waals surface area contributed by atoms with Crippen LogP contribution in [0.1, 0.15) is 36.1 Å². The molecule has 0 aliphatic carbocycles. The molecule has 0 N–H and O–H groups in total. The number of pyridine rings is 2. The molecule has 3 rings (SSSR count). The van der Waals surface area contributed by atoms with Crippen LogP contribution in [0.2, 0.25) is 0 Å². The molecule has 2 aromatic rings. The van der Waals surface area contributed by atoms with E-state index >= 15 is 0 Å². The zero-order valence-corrected chi connectivity index (χ0v) is 14.3. The summed E-state index contributed by atoms with van der Waals surface area (Å²) in [5.74, 6) is 0.950. The molecule has 1 fully saturated rings. The third-order valence-corrected chi connectivity index (χ3v) is 4.80. The lowest BCUT2D eigenvalue weighted by molar-refractivity contribution is -0.132. The molecule has 0 atom stereocenters. The highest BCUT2D eigenvalue weighted by atomic mass is 16.2. The van der Waals surface area contributed by atoms with Crippen molar-refractivity contribution in [1.82, 2.24) is 14.9 Å². The number of hydrogen-bond donors (Lipinski definition) is 0. The number of rotatable bonds is 5. The summed E-state index contributed by atoms with van der Waals surface area (Å²) in [6, 6.07) is 8.24. The summed E-state index contributed by atoms with van der Waals surface area (Å²) >= 11 is 0. The quantitative estimate of drug-likeness (QED) is 0.849. The minimum atomic E-state index is 0.275. The smallest absolute Gasteiger partial charge is 0.222 e. The van der Waals surface area contributed by atoms with Crippen molar-refractivity contribution in [2.75, 3.05) is 13.1 Å². The SMILES string of the molecule is Cc1cc(CC2CCN(C(=O)CCc3cccnc3)CC2)ccn1. The average Bonchev–Trinajstić information content (AvgIpc) is 2.61. The van der Waals surface area contributed by atoms with Crippen LogP contribution in [-0.4, -0.2) is 33.9 Å². The molecule has 24 heavy (non-hydrogen) atoms. The van der Waals surface area contributed by atoms with E-state index in [1.807, 2.05) is 36.4 Å². The molecule has 4 nitrogen and oxygen atoms in total. The summed E-state index contributed by atoms with van der Waals surface area (Å²) in [4.78, 5) is 22.8. The largest absolute Gasteiger partial charge is 0.343 e. The second kappa shape index (κ2) is 8.04. The van der Waals surface area contributed by atoms with Gasteiger partial charge in [-0.1, -0.05) is 6.07 Å².